The molecular formula is C16H28ClN3O4S. The summed E-state index contributed by atoms with van der Waals surface area (Å²) < 4.78 is 32.5. The molecule has 0 fully saturated rings. The van der Waals surface area contributed by atoms with Crippen LogP contribution in [0.1, 0.15) is 26.3 Å². The Labute approximate surface area is 156 Å². The minimum Gasteiger partial charge on any atom is -0.383 e. The van der Waals surface area contributed by atoms with Crippen molar-refractivity contribution in [1.82, 2.24) is 15.4 Å². The van der Waals surface area contributed by atoms with Gasteiger partial charge in [0, 0.05) is 25.7 Å². The highest BCUT2D eigenvalue weighted by Crippen LogP contribution is 2.17. The number of halogens is 1. The van der Waals surface area contributed by atoms with E-state index < -0.39 is 15.6 Å². The minimum absolute atomic E-state index is 0. The van der Waals surface area contributed by atoms with E-state index in [9.17, 15) is 13.2 Å². The van der Waals surface area contributed by atoms with Crippen molar-refractivity contribution in [2.45, 2.75) is 37.8 Å². The highest BCUT2D eigenvalue weighted by atomic mass is 35.5. The van der Waals surface area contributed by atoms with E-state index >= 15 is 0 Å². The van der Waals surface area contributed by atoms with Gasteiger partial charge in [-0.3, -0.25) is 4.79 Å². The van der Waals surface area contributed by atoms with Crippen LogP contribution in [0.25, 0.3) is 0 Å². The number of ether oxygens (including phenoxy) is 1. The molecule has 0 spiro atoms. The molecule has 144 valence electrons. The molecule has 0 aromatic heterocycles. The van der Waals surface area contributed by atoms with Gasteiger partial charge in [-0.25, -0.2) is 13.1 Å². The van der Waals surface area contributed by atoms with Crippen molar-refractivity contribution in [2.24, 2.45) is 0 Å². The van der Waals surface area contributed by atoms with Gasteiger partial charge in [0.1, 0.15) is 0 Å². The molecule has 1 amide bonds. The molecule has 0 unspecified atom stereocenters. The van der Waals surface area contributed by atoms with Crippen molar-refractivity contribution < 1.29 is 17.9 Å². The van der Waals surface area contributed by atoms with E-state index in [0.29, 0.717) is 18.7 Å². The number of methoxy groups -OCH3 is 1. The Morgan fingerprint density at radius 1 is 1.20 bits per heavy atom. The molecule has 25 heavy (non-hydrogen) atoms. The summed E-state index contributed by atoms with van der Waals surface area (Å²) in [4.78, 5) is 12.0. The number of benzene rings is 1. The van der Waals surface area contributed by atoms with E-state index in [1.165, 1.54) is 6.07 Å². The third-order valence-electron chi connectivity index (χ3n) is 2.95. The molecule has 0 heterocycles. The number of carbonyl (C=O) groups is 1. The molecule has 0 atom stereocenters. The summed E-state index contributed by atoms with van der Waals surface area (Å²) in [5.74, 6) is -0.206. The smallest absolute Gasteiger partial charge is 0.241 e. The molecule has 1 rings (SSSR count). The van der Waals surface area contributed by atoms with E-state index in [4.69, 9.17) is 4.74 Å². The number of amides is 1. The Kier molecular flexibility index (Phi) is 10.2. The van der Waals surface area contributed by atoms with E-state index in [1.54, 1.807) is 46.1 Å². The fraction of sp³-hybridized carbons (Fsp3) is 0.562. The summed E-state index contributed by atoms with van der Waals surface area (Å²) in [5.41, 5.74) is -0.0417. The van der Waals surface area contributed by atoms with Gasteiger partial charge >= 0.3 is 0 Å². The number of sulfonamides is 1. The van der Waals surface area contributed by atoms with Gasteiger partial charge in [-0.2, -0.15) is 0 Å². The number of hydrogen-bond acceptors (Lipinski definition) is 5. The van der Waals surface area contributed by atoms with Crippen LogP contribution in [0.2, 0.25) is 0 Å². The Morgan fingerprint density at radius 3 is 2.44 bits per heavy atom. The second-order valence-electron chi connectivity index (χ2n) is 6.41. The maximum atomic E-state index is 12.5. The lowest BCUT2D eigenvalue weighted by Gasteiger charge is -2.21. The normalized spacial score (nSPS) is 11.7. The van der Waals surface area contributed by atoms with Crippen LogP contribution < -0.4 is 15.4 Å². The first-order valence-electron chi connectivity index (χ1n) is 7.74. The maximum Gasteiger partial charge on any atom is 0.241 e. The van der Waals surface area contributed by atoms with E-state index in [-0.39, 0.29) is 36.3 Å². The van der Waals surface area contributed by atoms with Crippen LogP contribution in [0.4, 0.5) is 0 Å². The SMILES string of the molecule is COCCNCC(=O)NCc1ccccc1S(=O)(=O)NC(C)(C)C.Cl. The van der Waals surface area contributed by atoms with Crippen LogP contribution >= 0.6 is 12.4 Å². The molecule has 0 saturated carbocycles. The highest BCUT2D eigenvalue weighted by Gasteiger charge is 2.24. The van der Waals surface area contributed by atoms with Crippen LogP contribution in [0, 0.1) is 0 Å². The average Bonchev–Trinajstić information content (AvgIpc) is 2.47. The van der Waals surface area contributed by atoms with Gasteiger partial charge < -0.3 is 15.4 Å². The largest absolute Gasteiger partial charge is 0.383 e. The van der Waals surface area contributed by atoms with Gasteiger partial charge in [0.15, 0.2) is 0 Å². The van der Waals surface area contributed by atoms with Crippen molar-refractivity contribution in [2.75, 3.05) is 26.8 Å². The van der Waals surface area contributed by atoms with Crippen LogP contribution in [0.3, 0.4) is 0 Å². The zero-order valence-corrected chi connectivity index (χ0v) is 16.7. The van der Waals surface area contributed by atoms with Crippen LogP contribution in [-0.4, -0.2) is 46.7 Å². The maximum absolute atomic E-state index is 12.5. The van der Waals surface area contributed by atoms with E-state index in [1.807, 2.05) is 0 Å². The Balaban J connectivity index is 0.00000576. The Hall–Kier alpha value is -1.19. The Bertz CT molecular complexity index is 645. The highest BCUT2D eigenvalue weighted by molar-refractivity contribution is 7.89. The summed E-state index contributed by atoms with van der Waals surface area (Å²) >= 11 is 0. The second kappa shape index (κ2) is 10.7. The molecule has 0 aliphatic carbocycles. The zero-order chi connectivity index (χ0) is 18.2. The summed E-state index contributed by atoms with van der Waals surface area (Å²) in [5, 5.41) is 5.65. The van der Waals surface area contributed by atoms with Crippen molar-refractivity contribution in [3.05, 3.63) is 29.8 Å². The van der Waals surface area contributed by atoms with Crippen molar-refractivity contribution in [3.8, 4) is 0 Å². The van der Waals surface area contributed by atoms with Gasteiger partial charge in [0.2, 0.25) is 15.9 Å². The molecule has 0 bridgehead atoms. The number of nitrogens with one attached hydrogen (secondary N) is 3. The van der Waals surface area contributed by atoms with Crippen LogP contribution in [-0.2, 0) is 26.1 Å². The minimum atomic E-state index is -3.65. The van der Waals surface area contributed by atoms with E-state index in [2.05, 4.69) is 15.4 Å². The second-order valence-corrected chi connectivity index (χ2v) is 8.06. The standard InChI is InChI=1S/C16H27N3O4S.ClH/c1-16(2,3)19-24(21,22)14-8-6-5-7-13(14)11-18-15(20)12-17-9-10-23-4;/h5-8,17,19H,9-12H2,1-4H3,(H,18,20);1H. The lowest BCUT2D eigenvalue weighted by molar-refractivity contribution is -0.120. The molecule has 0 saturated heterocycles. The number of hydrogen-bond donors (Lipinski definition) is 3. The molecular weight excluding hydrogens is 366 g/mol. The first-order valence-corrected chi connectivity index (χ1v) is 9.22. The predicted molar refractivity (Wildman–Crippen MR) is 100 cm³/mol. The first-order chi connectivity index (χ1) is 11.2. The molecule has 9 heteroatoms. The molecule has 1 aromatic rings. The molecule has 0 aliphatic rings. The fourth-order valence-corrected chi connectivity index (χ4v) is 3.66. The number of carbonyl (C=O) groups excluding carboxylic acids is 1. The molecule has 3 N–H and O–H groups in total. The van der Waals surface area contributed by atoms with E-state index in [0.717, 1.165) is 0 Å². The first kappa shape index (κ1) is 23.8. The van der Waals surface area contributed by atoms with Crippen molar-refractivity contribution in [3.63, 3.8) is 0 Å². The quantitative estimate of drug-likeness (QED) is 0.545. The predicted octanol–water partition coefficient (Wildman–Crippen LogP) is 1.04. The molecule has 0 aliphatic heterocycles. The molecule has 1 aromatic carbocycles. The molecule has 0 radical (unpaired) electrons. The third kappa shape index (κ3) is 9.18. The lowest BCUT2D eigenvalue weighted by Crippen LogP contribution is -2.41. The van der Waals surface area contributed by atoms with Gasteiger partial charge in [-0.05, 0) is 32.4 Å². The Morgan fingerprint density at radius 2 is 1.84 bits per heavy atom. The van der Waals surface area contributed by atoms with Gasteiger partial charge in [-0.15, -0.1) is 12.4 Å². The summed E-state index contributed by atoms with van der Waals surface area (Å²) in [6, 6.07) is 6.63. The topological polar surface area (TPSA) is 96.5 Å². The zero-order valence-electron chi connectivity index (χ0n) is 15.1. The monoisotopic (exact) mass is 393 g/mol. The van der Waals surface area contributed by atoms with Crippen molar-refractivity contribution >= 4 is 28.3 Å². The third-order valence-corrected chi connectivity index (χ3v) is 4.81. The lowest BCUT2D eigenvalue weighted by atomic mass is 10.1. The summed E-state index contributed by atoms with van der Waals surface area (Å²) in [6.07, 6.45) is 0. The summed E-state index contributed by atoms with van der Waals surface area (Å²) in [7, 11) is -2.07. The summed E-state index contributed by atoms with van der Waals surface area (Å²) in [6.45, 7) is 6.73. The molecule has 7 nitrogen and oxygen atoms in total. The average molecular weight is 394 g/mol. The van der Waals surface area contributed by atoms with Gasteiger partial charge in [-0.1, -0.05) is 18.2 Å². The van der Waals surface area contributed by atoms with Crippen molar-refractivity contribution in [1.29, 1.82) is 0 Å². The van der Waals surface area contributed by atoms with Crippen LogP contribution in [0.15, 0.2) is 29.2 Å². The van der Waals surface area contributed by atoms with Gasteiger partial charge in [0.05, 0.1) is 18.0 Å². The number of rotatable bonds is 9. The van der Waals surface area contributed by atoms with Gasteiger partial charge in [0.25, 0.3) is 0 Å². The van der Waals surface area contributed by atoms with Crippen LogP contribution in [0.5, 0.6) is 0 Å². The fourth-order valence-electron chi connectivity index (χ4n) is 2.00.